The van der Waals surface area contributed by atoms with Gasteiger partial charge in [0, 0.05) is 55.6 Å². The Hall–Kier alpha value is -3.94. The van der Waals surface area contributed by atoms with E-state index in [2.05, 4.69) is 35.1 Å². The lowest BCUT2D eigenvalue weighted by Gasteiger charge is -2.38. The third-order valence-electron chi connectivity index (χ3n) is 7.38. The van der Waals surface area contributed by atoms with Crippen molar-refractivity contribution in [1.82, 2.24) is 24.3 Å². The molecule has 0 spiro atoms. The second kappa shape index (κ2) is 10.1. The number of nitriles is 1. The number of aromatic nitrogens is 3. The first kappa shape index (κ1) is 25.7. The van der Waals surface area contributed by atoms with Gasteiger partial charge in [0.15, 0.2) is 0 Å². The number of pyridine rings is 1. The van der Waals surface area contributed by atoms with Crippen LogP contribution in [0.3, 0.4) is 0 Å². The Kier molecular flexibility index (Phi) is 6.82. The first-order valence-corrected chi connectivity index (χ1v) is 12.8. The van der Waals surface area contributed by atoms with Gasteiger partial charge in [0.25, 0.3) is 0 Å². The Morgan fingerprint density at radius 1 is 1.29 bits per heavy atom. The summed E-state index contributed by atoms with van der Waals surface area (Å²) in [5.74, 6) is 0.522. The summed E-state index contributed by atoms with van der Waals surface area (Å²) in [5, 5.41) is 13.0. The van der Waals surface area contributed by atoms with Crippen molar-refractivity contribution in [3.63, 3.8) is 0 Å². The van der Waals surface area contributed by atoms with Gasteiger partial charge in [-0.3, -0.25) is 14.0 Å². The summed E-state index contributed by atoms with van der Waals surface area (Å²) in [5.41, 5.74) is 4.88. The van der Waals surface area contributed by atoms with E-state index in [1.165, 1.54) is 17.9 Å². The number of hydrogen-bond donors (Lipinski definition) is 1. The fourth-order valence-electron chi connectivity index (χ4n) is 5.61. The lowest BCUT2D eigenvalue weighted by molar-refractivity contribution is 0.0535. The number of ether oxygens (including phenoxy) is 2. The van der Waals surface area contributed by atoms with E-state index >= 15 is 0 Å². The molecule has 198 valence electrons. The summed E-state index contributed by atoms with van der Waals surface area (Å²) in [6, 6.07) is 7.82. The third kappa shape index (κ3) is 4.48. The van der Waals surface area contributed by atoms with Gasteiger partial charge in [0.2, 0.25) is 0 Å². The number of rotatable bonds is 6. The van der Waals surface area contributed by atoms with Crippen LogP contribution in [-0.2, 0) is 17.9 Å². The van der Waals surface area contributed by atoms with Gasteiger partial charge < -0.3 is 14.8 Å². The van der Waals surface area contributed by atoms with E-state index in [9.17, 15) is 14.9 Å². The minimum atomic E-state index is -0.258. The van der Waals surface area contributed by atoms with Crippen molar-refractivity contribution in [2.24, 2.45) is 0 Å². The standard InChI is InChI=1S/C28H32N6O4/c1-16(2)34-20(13-33(28(34)36)26-8-25(37-5)19(9-29)10-30-26)12-32-11-17(3)31-24(14-32)21-6-7-22-23(18(21)4)15-38-27(22)35/h6-8,10,13,16-17,24,31H,11-12,14-15H2,1-5H3/t17-,24-/m0/s1. The van der Waals surface area contributed by atoms with E-state index in [1.807, 2.05) is 32.2 Å². The Morgan fingerprint density at radius 2 is 2.08 bits per heavy atom. The maximum atomic E-state index is 13.5. The monoisotopic (exact) mass is 516 g/mol. The molecular weight excluding hydrogens is 484 g/mol. The van der Waals surface area contributed by atoms with Gasteiger partial charge in [0.1, 0.15) is 29.8 Å². The van der Waals surface area contributed by atoms with E-state index in [1.54, 1.807) is 10.6 Å². The molecule has 0 saturated carbocycles. The topological polar surface area (TPSA) is 114 Å². The number of piperazine rings is 1. The number of methoxy groups -OCH3 is 1. The molecule has 2 atom stereocenters. The molecule has 5 rings (SSSR count). The molecule has 2 aliphatic rings. The first-order valence-electron chi connectivity index (χ1n) is 12.8. The molecule has 0 bridgehead atoms. The van der Waals surface area contributed by atoms with Gasteiger partial charge in [-0.25, -0.2) is 14.6 Å². The van der Waals surface area contributed by atoms with Crippen LogP contribution in [0.4, 0.5) is 0 Å². The molecule has 1 aromatic carbocycles. The van der Waals surface area contributed by atoms with E-state index < -0.39 is 0 Å². The second-order valence-electron chi connectivity index (χ2n) is 10.3. The molecule has 1 N–H and O–H groups in total. The Bertz CT molecular complexity index is 1500. The van der Waals surface area contributed by atoms with Gasteiger partial charge in [-0.1, -0.05) is 6.07 Å². The summed E-state index contributed by atoms with van der Waals surface area (Å²) >= 11 is 0. The van der Waals surface area contributed by atoms with Crippen LogP contribution in [0.2, 0.25) is 0 Å². The molecule has 3 aromatic rings. The fraction of sp³-hybridized carbons (Fsp3) is 0.429. The highest BCUT2D eigenvalue weighted by molar-refractivity contribution is 5.94. The minimum Gasteiger partial charge on any atom is -0.495 e. The number of nitrogens with one attached hydrogen (secondary N) is 1. The predicted molar refractivity (Wildman–Crippen MR) is 140 cm³/mol. The van der Waals surface area contributed by atoms with Crippen molar-refractivity contribution < 1.29 is 14.3 Å². The Balaban J connectivity index is 1.45. The smallest absolute Gasteiger partial charge is 0.338 e. The third-order valence-corrected chi connectivity index (χ3v) is 7.38. The molecule has 0 aliphatic carbocycles. The zero-order chi connectivity index (χ0) is 27.1. The zero-order valence-corrected chi connectivity index (χ0v) is 22.3. The lowest BCUT2D eigenvalue weighted by atomic mass is 9.92. The number of carbonyl (C=O) groups is 1. The van der Waals surface area contributed by atoms with E-state index in [0.29, 0.717) is 35.8 Å². The van der Waals surface area contributed by atoms with E-state index in [0.717, 1.165) is 35.5 Å². The van der Waals surface area contributed by atoms with Gasteiger partial charge in [-0.2, -0.15) is 5.26 Å². The van der Waals surface area contributed by atoms with Gasteiger partial charge in [-0.15, -0.1) is 0 Å². The molecule has 0 unspecified atom stereocenters. The number of nitrogens with zero attached hydrogens (tertiary/aromatic N) is 5. The van der Waals surface area contributed by atoms with Crippen molar-refractivity contribution >= 4 is 5.97 Å². The summed E-state index contributed by atoms with van der Waals surface area (Å²) < 4.78 is 13.9. The van der Waals surface area contributed by atoms with Gasteiger partial charge in [-0.05, 0) is 44.9 Å². The summed E-state index contributed by atoms with van der Waals surface area (Å²) in [6.45, 7) is 10.7. The number of carbonyl (C=O) groups excluding carboxylic acids is 1. The molecule has 0 radical (unpaired) electrons. The predicted octanol–water partition coefficient (Wildman–Crippen LogP) is 3.01. The van der Waals surface area contributed by atoms with Crippen LogP contribution in [0.5, 0.6) is 5.75 Å². The number of imidazole rings is 1. The molecule has 38 heavy (non-hydrogen) atoms. The largest absolute Gasteiger partial charge is 0.495 e. The highest BCUT2D eigenvalue weighted by Crippen LogP contribution is 2.31. The average Bonchev–Trinajstić information content (AvgIpc) is 3.43. The molecule has 10 nitrogen and oxygen atoms in total. The number of hydrogen-bond acceptors (Lipinski definition) is 8. The van der Waals surface area contributed by atoms with Crippen LogP contribution < -0.4 is 15.7 Å². The van der Waals surface area contributed by atoms with Crippen LogP contribution in [0.1, 0.15) is 71.2 Å². The molecule has 1 fully saturated rings. The SMILES string of the molecule is COc1cc(-n2cc(CN3C[C@@H](c4ccc5c(c4C)COC5=O)N[C@@H](C)C3)n(C(C)C)c2=O)ncc1C#N. The highest BCUT2D eigenvalue weighted by Gasteiger charge is 2.31. The lowest BCUT2D eigenvalue weighted by Crippen LogP contribution is -2.51. The van der Waals surface area contributed by atoms with Crippen LogP contribution in [0, 0.1) is 18.3 Å². The molecule has 2 aliphatic heterocycles. The summed E-state index contributed by atoms with van der Waals surface area (Å²) in [7, 11) is 1.49. The average molecular weight is 517 g/mol. The van der Waals surface area contributed by atoms with E-state index in [-0.39, 0.29) is 29.8 Å². The molecule has 2 aromatic heterocycles. The maximum Gasteiger partial charge on any atom is 0.338 e. The van der Waals surface area contributed by atoms with Crippen LogP contribution in [0.15, 0.2) is 35.4 Å². The van der Waals surface area contributed by atoms with Gasteiger partial charge >= 0.3 is 11.7 Å². The number of benzene rings is 1. The van der Waals surface area contributed by atoms with Crippen molar-refractivity contribution in [3.05, 3.63) is 74.6 Å². The highest BCUT2D eigenvalue weighted by atomic mass is 16.5. The quantitative estimate of drug-likeness (QED) is 0.498. The number of fused-ring (bicyclic) bond motifs is 1. The number of esters is 1. The van der Waals surface area contributed by atoms with Crippen molar-refractivity contribution in [3.8, 4) is 17.6 Å². The van der Waals surface area contributed by atoms with Crippen LogP contribution in [-0.4, -0.2) is 51.2 Å². The van der Waals surface area contributed by atoms with Crippen molar-refractivity contribution in [1.29, 1.82) is 5.26 Å². The minimum absolute atomic E-state index is 0.0494. The second-order valence-corrected chi connectivity index (χ2v) is 10.3. The van der Waals surface area contributed by atoms with Crippen LogP contribution in [0.25, 0.3) is 5.82 Å². The summed E-state index contributed by atoms with van der Waals surface area (Å²) in [6.07, 6.45) is 3.26. The normalized spacial score (nSPS) is 19.3. The van der Waals surface area contributed by atoms with Crippen molar-refractivity contribution in [2.75, 3.05) is 20.2 Å². The molecule has 10 heteroatoms. The molecule has 0 amide bonds. The van der Waals surface area contributed by atoms with E-state index in [4.69, 9.17) is 9.47 Å². The zero-order valence-electron chi connectivity index (χ0n) is 22.3. The number of cyclic esters (lactones) is 1. The van der Waals surface area contributed by atoms with Crippen molar-refractivity contribution in [2.45, 2.75) is 59.0 Å². The summed E-state index contributed by atoms with van der Waals surface area (Å²) in [4.78, 5) is 32.2. The molecular formula is C28H32N6O4. The van der Waals surface area contributed by atoms with Crippen LogP contribution >= 0.6 is 0 Å². The maximum absolute atomic E-state index is 13.5. The molecule has 1 saturated heterocycles. The van der Waals surface area contributed by atoms with Gasteiger partial charge in [0.05, 0.1) is 24.6 Å². The Labute approximate surface area is 221 Å². The fourth-order valence-corrected chi connectivity index (χ4v) is 5.61. The molecule has 4 heterocycles. The first-order chi connectivity index (χ1) is 18.2. The Morgan fingerprint density at radius 3 is 2.79 bits per heavy atom.